The summed E-state index contributed by atoms with van der Waals surface area (Å²) in [6, 6.07) is 8.43. The predicted molar refractivity (Wildman–Crippen MR) is 70.9 cm³/mol. The Bertz CT molecular complexity index is 363. The Balaban J connectivity index is 2.42. The van der Waals surface area contributed by atoms with Crippen molar-refractivity contribution in [3.05, 3.63) is 35.4 Å². The van der Waals surface area contributed by atoms with Gasteiger partial charge in [0.15, 0.2) is 0 Å². The number of benzene rings is 1. The molecule has 0 saturated heterocycles. The predicted octanol–water partition coefficient (Wildman–Crippen LogP) is 2.17. The number of hydrogen-bond donors (Lipinski definition) is 2. The summed E-state index contributed by atoms with van der Waals surface area (Å²) in [5, 5.41) is 6.09. The zero-order valence-corrected chi connectivity index (χ0v) is 10.9. The van der Waals surface area contributed by atoms with Crippen LogP contribution in [-0.4, -0.2) is 19.0 Å². The number of hydrogen-bond acceptors (Lipinski definition) is 2. The minimum Gasteiger partial charge on any atom is -0.355 e. The third-order valence-electron chi connectivity index (χ3n) is 2.80. The Morgan fingerprint density at radius 3 is 2.71 bits per heavy atom. The highest BCUT2D eigenvalue weighted by molar-refractivity contribution is 5.77. The lowest BCUT2D eigenvalue weighted by atomic mass is 10.0. The molecule has 1 amide bonds. The Labute approximate surface area is 104 Å². The summed E-state index contributed by atoms with van der Waals surface area (Å²) in [4.78, 5) is 11.4. The topological polar surface area (TPSA) is 41.1 Å². The van der Waals surface area contributed by atoms with Crippen LogP contribution in [0.5, 0.6) is 0 Å². The van der Waals surface area contributed by atoms with E-state index in [1.165, 1.54) is 11.1 Å². The molecule has 0 unspecified atom stereocenters. The van der Waals surface area contributed by atoms with Crippen molar-refractivity contribution in [3.8, 4) is 0 Å². The van der Waals surface area contributed by atoms with E-state index in [-0.39, 0.29) is 11.9 Å². The molecule has 1 aromatic carbocycles. The highest BCUT2D eigenvalue weighted by Crippen LogP contribution is 2.15. The molecule has 0 bridgehead atoms. The fourth-order valence-electron chi connectivity index (χ4n) is 1.76. The molecule has 1 rings (SSSR count). The van der Waals surface area contributed by atoms with E-state index in [1.54, 1.807) is 0 Å². The third kappa shape index (κ3) is 4.57. The van der Waals surface area contributed by atoms with Crippen LogP contribution in [0.15, 0.2) is 24.3 Å². The first-order valence-corrected chi connectivity index (χ1v) is 6.20. The fourth-order valence-corrected chi connectivity index (χ4v) is 1.76. The number of carbonyl (C=O) groups is 1. The molecule has 0 aromatic heterocycles. The first-order chi connectivity index (χ1) is 8.15. The summed E-state index contributed by atoms with van der Waals surface area (Å²) in [7, 11) is 0. The van der Waals surface area contributed by atoms with Gasteiger partial charge >= 0.3 is 0 Å². The van der Waals surface area contributed by atoms with Gasteiger partial charge in [0, 0.05) is 12.6 Å². The van der Waals surface area contributed by atoms with Gasteiger partial charge in [0.25, 0.3) is 0 Å². The van der Waals surface area contributed by atoms with Crippen LogP contribution >= 0.6 is 0 Å². The van der Waals surface area contributed by atoms with Crippen molar-refractivity contribution < 1.29 is 4.79 Å². The molecule has 0 aliphatic heterocycles. The molecule has 3 heteroatoms. The molecule has 0 aliphatic carbocycles. The van der Waals surface area contributed by atoms with Crippen molar-refractivity contribution in [2.75, 3.05) is 13.1 Å². The van der Waals surface area contributed by atoms with Gasteiger partial charge in [-0.2, -0.15) is 0 Å². The maximum atomic E-state index is 11.4. The highest BCUT2D eigenvalue weighted by atomic mass is 16.1. The Morgan fingerprint density at radius 1 is 1.35 bits per heavy atom. The van der Waals surface area contributed by atoms with Gasteiger partial charge < -0.3 is 10.6 Å². The molecule has 0 saturated carbocycles. The summed E-state index contributed by atoms with van der Waals surface area (Å²) in [6.45, 7) is 7.33. The largest absolute Gasteiger partial charge is 0.355 e. The molecular weight excluding hydrogens is 212 g/mol. The standard InChI is InChI=1S/C14H22N2O/c1-4-9-15-14(17)10-16-12(3)13-8-6-5-7-11(13)2/h5-8,12,16H,4,9-10H2,1-3H3,(H,15,17)/t12-/m1/s1. The van der Waals surface area contributed by atoms with E-state index >= 15 is 0 Å². The first-order valence-electron chi connectivity index (χ1n) is 6.20. The van der Waals surface area contributed by atoms with E-state index in [1.807, 2.05) is 19.1 Å². The number of rotatable bonds is 6. The van der Waals surface area contributed by atoms with Gasteiger partial charge in [0.1, 0.15) is 0 Å². The van der Waals surface area contributed by atoms with E-state index in [2.05, 4.69) is 36.6 Å². The number of amides is 1. The van der Waals surface area contributed by atoms with E-state index in [9.17, 15) is 4.79 Å². The lowest BCUT2D eigenvalue weighted by molar-refractivity contribution is -0.120. The van der Waals surface area contributed by atoms with Crippen molar-refractivity contribution >= 4 is 5.91 Å². The molecule has 94 valence electrons. The second kappa shape index (κ2) is 7.07. The molecule has 0 radical (unpaired) electrons. The fraction of sp³-hybridized carbons (Fsp3) is 0.500. The summed E-state index contributed by atoms with van der Waals surface area (Å²) < 4.78 is 0. The molecule has 0 heterocycles. The lowest BCUT2D eigenvalue weighted by Crippen LogP contribution is -2.35. The van der Waals surface area contributed by atoms with Crippen molar-refractivity contribution in [2.45, 2.75) is 33.2 Å². The minimum atomic E-state index is 0.0623. The van der Waals surface area contributed by atoms with Crippen LogP contribution in [0.3, 0.4) is 0 Å². The van der Waals surface area contributed by atoms with Crippen LogP contribution in [0.1, 0.15) is 37.4 Å². The zero-order valence-electron chi connectivity index (χ0n) is 10.9. The molecule has 17 heavy (non-hydrogen) atoms. The SMILES string of the molecule is CCCNC(=O)CN[C@H](C)c1ccccc1C. The third-order valence-corrected chi connectivity index (χ3v) is 2.80. The molecule has 0 aliphatic rings. The van der Waals surface area contributed by atoms with Crippen molar-refractivity contribution in [1.29, 1.82) is 0 Å². The van der Waals surface area contributed by atoms with E-state index in [4.69, 9.17) is 0 Å². The smallest absolute Gasteiger partial charge is 0.233 e. The Hall–Kier alpha value is -1.35. The van der Waals surface area contributed by atoms with Crippen molar-refractivity contribution in [1.82, 2.24) is 10.6 Å². The summed E-state index contributed by atoms with van der Waals surface area (Å²) >= 11 is 0. The van der Waals surface area contributed by atoms with Gasteiger partial charge in [-0.1, -0.05) is 31.2 Å². The van der Waals surface area contributed by atoms with Gasteiger partial charge in [-0.3, -0.25) is 4.79 Å². The summed E-state index contributed by atoms with van der Waals surface area (Å²) in [5.41, 5.74) is 2.50. The second-order valence-corrected chi connectivity index (χ2v) is 4.31. The molecule has 1 aromatic rings. The lowest BCUT2D eigenvalue weighted by Gasteiger charge is -2.16. The van der Waals surface area contributed by atoms with E-state index in [0.29, 0.717) is 6.54 Å². The molecule has 0 fully saturated rings. The van der Waals surface area contributed by atoms with Crippen LogP contribution in [0.2, 0.25) is 0 Å². The quantitative estimate of drug-likeness (QED) is 0.792. The van der Waals surface area contributed by atoms with Gasteiger partial charge in [-0.25, -0.2) is 0 Å². The maximum Gasteiger partial charge on any atom is 0.233 e. The second-order valence-electron chi connectivity index (χ2n) is 4.31. The average Bonchev–Trinajstić information content (AvgIpc) is 2.34. The van der Waals surface area contributed by atoms with Crippen LogP contribution < -0.4 is 10.6 Å². The number of carbonyl (C=O) groups excluding carboxylic acids is 1. The van der Waals surface area contributed by atoms with Crippen LogP contribution in [0.25, 0.3) is 0 Å². The number of nitrogens with one attached hydrogen (secondary N) is 2. The first kappa shape index (κ1) is 13.7. The zero-order chi connectivity index (χ0) is 12.7. The Morgan fingerprint density at radius 2 is 2.06 bits per heavy atom. The van der Waals surface area contributed by atoms with Gasteiger partial charge in [0.2, 0.25) is 5.91 Å². The van der Waals surface area contributed by atoms with E-state index < -0.39 is 0 Å². The normalized spacial score (nSPS) is 12.2. The molecule has 2 N–H and O–H groups in total. The van der Waals surface area contributed by atoms with Crippen molar-refractivity contribution in [2.24, 2.45) is 0 Å². The van der Waals surface area contributed by atoms with Gasteiger partial charge in [-0.05, 0) is 31.4 Å². The highest BCUT2D eigenvalue weighted by Gasteiger charge is 2.08. The van der Waals surface area contributed by atoms with Crippen LogP contribution in [-0.2, 0) is 4.79 Å². The van der Waals surface area contributed by atoms with Crippen LogP contribution in [0.4, 0.5) is 0 Å². The number of aryl methyl sites for hydroxylation is 1. The summed E-state index contributed by atoms with van der Waals surface area (Å²) in [5.74, 6) is 0.0623. The van der Waals surface area contributed by atoms with Crippen molar-refractivity contribution in [3.63, 3.8) is 0 Å². The van der Waals surface area contributed by atoms with Gasteiger partial charge in [-0.15, -0.1) is 0 Å². The van der Waals surface area contributed by atoms with Crippen LogP contribution in [0, 0.1) is 6.92 Å². The van der Waals surface area contributed by atoms with E-state index in [0.717, 1.165) is 13.0 Å². The average molecular weight is 234 g/mol. The Kier molecular flexibility index (Phi) is 5.70. The van der Waals surface area contributed by atoms with Gasteiger partial charge in [0.05, 0.1) is 6.54 Å². The summed E-state index contributed by atoms with van der Waals surface area (Å²) in [6.07, 6.45) is 0.971. The minimum absolute atomic E-state index is 0.0623. The maximum absolute atomic E-state index is 11.4. The molecule has 1 atom stereocenters. The molecular formula is C14H22N2O. The molecule has 0 spiro atoms. The molecule has 3 nitrogen and oxygen atoms in total. The monoisotopic (exact) mass is 234 g/mol.